The van der Waals surface area contributed by atoms with E-state index in [0.29, 0.717) is 0 Å². The monoisotopic (exact) mass is 196 g/mol. The molecule has 0 aromatic heterocycles. The van der Waals surface area contributed by atoms with Crippen molar-refractivity contribution in [2.24, 2.45) is 11.0 Å². The maximum atomic E-state index is 5.28. The standard InChI is InChI=1S/C11H20N2O/c1-2-4-11(5-3-1)10-12-13-6-8-14-9-7-13/h10-11H,1-9H2/b12-10+. The predicted molar refractivity (Wildman–Crippen MR) is 57.5 cm³/mol. The van der Waals surface area contributed by atoms with Crippen LogP contribution in [0.5, 0.6) is 0 Å². The molecule has 2 aliphatic rings. The molecule has 1 aliphatic heterocycles. The molecule has 2 rings (SSSR count). The van der Waals surface area contributed by atoms with Crippen LogP contribution < -0.4 is 0 Å². The molecule has 14 heavy (non-hydrogen) atoms. The van der Waals surface area contributed by atoms with Gasteiger partial charge in [0.2, 0.25) is 0 Å². The lowest BCUT2D eigenvalue weighted by Crippen LogP contribution is -2.32. The molecule has 1 heterocycles. The third kappa shape index (κ3) is 2.98. The van der Waals surface area contributed by atoms with Crippen LogP contribution in [-0.2, 0) is 4.74 Å². The summed E-state index contributed by atoms with van der Waals surface area (Å²) in [6, 6.07) is 0. The zero-order valence-electron chi connectivity index (χ0n) is 8.82. The molecule has 1 aliphatic carbocycles. The van der Waals surface area contributed by atoms with Crippen molar-refractivity contribution in [1.29, 1.82) is 0 Å². The van der Waals surface area contributed by atoms with E-state index in [1.54, 1.807) is 0 Å². The average molecular weight is 196 g/mol. The summed E-state index contributed by atoms with van der Waals surface area (Å²) in [4.78, 5) is 0. The summed E-state index contributed by atoms with van der Waals surface area (Å²) in [6.45, 7) is 3.59. The Morgan fingerprint density at radius 3 is 2.50 bits per heavy atom. The van der Waals surface area contributed by atoms with E-state index in [4.69, 9.17) is 4.74 Å². The molecule has 1 saturated heterocycles. The minimum atomic E-state index is 0.742. The Balaban J connectivity index is 1.73. The van der Waals surface area contributed by atoms with Crippen molar-refractivity contribution in [3.8, 4) is 0 Å². The van der Waals surface area contributed by atoms with E-state index in [1.165, 1.54) is 32.1 Å². The zero-order valence-corrected chi connectivity index (χ0v) is 8.82. The highest BCUT2D eigenvalue weighted by Crippen LogP contribution is 2.21. The molecular weight excluding hydrogens is 176 g/mol. The van der Waals surface area contributed by atoms with Crippen LogP contribution in [-0.4, -0.2) is 37.5 Å². The number of hydrogen-bond donors (Lipinski definition) is 0. The SMILES string of the molecule is C(=N\N1CCOCC1)/C1CCCCC1. The molecule has 3 heteroatoms. The fraction of sp³-hybridized carbons (Fsp3) is 0.909. The molecule has 0 N–H and O–H groups in total. The quantitative estimate of drug-likeness (QED) is 0.630. The molecule has 3 nitrogen and oxygen atoms in total. The number of nitrogens with zero attached hydrogens (tertiary/aromatic N) is 2. The second-order valence-electron chi connectivity index (χ2n) is 4.23. The van der Waals surface area contributed by atoms with Gasteiger partial charge in [-0.2, -0.15) is 5.10 Å². The minimum absolute atomic E-state index is 0.742. The van der Waals surface area contributed by atoms with Gasteiger partial charge in [0.15, 0.2) is 0 Å². The van der Waals surface area contributed by atoms with Crippen molar-refractivity contribution in [1.82, 2.24) is 5.01 Å². The summed E-state index contributed by atoms with van der Waals surface area (Å²) in [5, 5.41) is 6.67. The van der Waals surface area contributed by atoms with Gasteiger partial charge in [-0.3, -0.25) is 5.01 Å². The Kier molecular flexibility index (Phi) is 3.80. The first-order valence-electron chi connectivity index (χ1n) is 5.82. The molecule has 0 amide bonds. The van der Waals surface area contributed by atoms with Gasteiger partial charge < -0.3 is 4.74 Å². The predicted octanol–water partition coefficient (Wildman–Crippen LogP) is 1.88. The Morgan fingerprint density at radius 2 is 1.79 bits per heavy atom. The van der Waals surface area contributed by atoms with Crippen molar-refractivity contribution in [2.45, 2.75) is 32.1 Å². The molecule has 0 aromatic carbocycles. The van der Waals surface area contributed by atoms with Crippen LogP contribution in [0.2, 0.25) is 0 Å². The van der Waals surface area contributed by atoms with Crippen LogP contribution in [0.25, 0.3) is 0 Å². The van der Waals surface area contributed by atoms with Crippen LogP contribution in [0.4, 0.5) is 0 Å². The molecule has 80 valence electrons. The van der Waals surface area contributed by atoms with E-state index in [2.05, 4.69) is 16.3 Å². The Labute approximate surface area is 86.1 Å². The van der Waals surface area contributed by atoms with Crippen molar-refractivity contribution < 1.29 is 4.74 Å². The fourth-order valence-corrected chi connectivity index (χ4v) is 2.14. The largest absolute Gasteiger partial charge is 0.378 e. The summed E-state index contributed by atoms with van der Waals surface area (Å²) in [7, 11) is 0. The van der Waals surface area contributed by atoms with E-state index in [0.717, 1.165) is 32.2 Å². The summed E-state index contributed by atoms with van der Waals surface area (Å²) in [5.74, 6) is 0.742. The normalized spacial score (nSPS) is 25.9. The van der Waals surface area contributed by atoms with Gasteiger partial charge in [0, 0.05) is 6.21 Å². The van der Waals surface area contributed by atoms with Crippen molar-refractivity contribution in [3.05, 3.63) is 0 Å². The fourth-order valence-electron chi connectivity index (χ4n) is 2.14. The van der Waals surface area contributed by atoms with Crippen molar-refractivity contribution in [3.63, 3.8) is 0 Å². The van der Waals surface area contributed by atoms with Gasteiger partial charge in [0.05, 0.1) is 26.3 Å². The van der Waals surface area contributed by atoms with Gasteiger partial charge in [-0.25, -0.2) is 0 Å². The Bertz CT molecular complexity index is 162. The number of ether oxygens (including phenoxy) is 1. The number of morpholine rings is 1. The summed E-state index contributed by atoms with van der Waals surface area (Å²) in [6.07, 6.45) is 9.05. The molecule has 0 radical (unpaired) electrons. The molecular formula is C11H20N2O. The Morgan fingerprint density at radius 1 is 1.07 bits per heavy atom. The minimum Gasteiger partial charge on any atom is -0.378 e. The first kappa shape index (κ1) is 9.97. The first-order chi connectivity index (χ1) is 6.95. The van der Waals surface area contributed by atoms with Crippen molar-refractivity contribution >= 4 is 6.21 Å². The second-order valence-corrected chi connectivity index (χ2v) is 4.23. The van der Waals surface area contributed by atoms with E-state index in [1.807, 2.05) is 0 Å². The molecule has 0 spiro atoms. The number of hydrogen-bond acceptors (Lipinski definition) is 3. The van der Waals surface area contributed by atoms with E-state index in [9.17, 15) is 0 Å². The lowest BCUT2D eigenvalue weighted by molar-refractivity contribution is 0.0393. The second kappa shape index (κ2) is 5.35. The van der Waals surface area contributed by atoms with Crippen LogP contribution in [0.1, 0.15) is 32.1 Å². The van der Waals surface area contributed by atoms with Crippen LogP contribution >= 0.6 is 0 Å². The molecule has 0 atom stereocenters. The lowest BCUT2D eigenvalue weighted by atomic mass is 9.90. The van der Waals surface area contributed by atoms with Crippen LogP contribution in [0, 0.1) is 5.92 Å². The molecule has 0 bridgehead atoms. The van der Waals surface area contributed by atoms with Gasteiger partial charge in [0.25, 0.3) is 0 Å². The highest BCUT2D eigenvalue weighted by atomic mass is 16.5. The van der Waals surface area contributed by atoms with Gasteiger partial charge in [-0.15, -0.1) is 0 Å². The van der Waals surface area contributed by atoms with E-state index >= 15 is 0 Å². The maximum absolute atomic E-state index is 5.28. The summed E-state index contributed by atoms with van der Waals surface area (Å²) in [5.41, 5.74) is 0. The Hall–Kier alpha value is -0.570. The molecule has 1 saturated carbocycles. The smallest absolute Gasteiger partial charge is 0.0659 e. The van der Waals surface area contributed by atoms with Crippen LogP contribution in [0.3, 0.4) is 0 Å². The third-order valence-corrected chi connectivity index (χ3v) is 3.08. The van der Waals surface area contributed by atoms with Crippen molar-refractivity contribution in [2.75, 3.05) is 26.3 Å². The maximum Gasteiger partial charge on any atom is 0.0659 e. The van der Waals surface area contributed by atoms with Gasteiger partial charge in [0.1, 0.15) is 0 Å². The highest BCUT2D eigenvalue weighted by Gasteiger charge is 2.12. The van der Waals surface area contributed by atoms with Gasteiger partial charge in [-0.05, 0) is 18.8 Å². The van der Waals surface area contributed by atoms with Crippen LogP contribution in [0.15, 0.2) is 5.10 Å². The van der Waals surface area contributed by atoms with Gasteiger partial charge >= 0.3 is 0 Å². The molecule has 0 unspecified atom stereocenters. The first-order valence-corrected chi connectivity index (χ1v) is 5.82. The third-order valence-electron chi connectivity index (χ3n) is 3.08. The highest BCUT2D eigenvalue weighted by molar-refractivity contribution is 5.60. The van der Waals surface area contributed by atoms with E-state index in [-0.39, 0.29) is 0 Å². The lowest BCUT2D eigenvalue weighted by Gasteiger charge is -2.25. The van der Waals surface area contributed by atoms with E-state index < -0.39 is 0 Å². The average Bonchev–Trinajstić information content (AvgIpc) is 2.29. The number of rotatable bonds is 2. The molecule has 2 fully saturated rings. The zero-order chi connectivity index (χ0) is 9.64. The molecule has 0 aromatic rings. The topological polar surface area (TPSA) is 24.8 Å². The summed E-state index contributed by atoms with van der Waals surface area (Å²) >= 11 is 0. The van der Waals surface area contributed by atoms with Gasteiger partial charge in [-0.1, -0.05) is 19.3 Å². The number of hydrazone groups is 1. The summed E-state index contributed by atoms with van der Waals surface area (Å²) < 4.78 is 5.28.